The van der Waals surface area contributed by atoms with Gasteiger partial charge < -0.3 is 9.47 Å². The van der Waals surface area contributed by atoms with Gasteiger partial charge >= 0.3 is 0 Å². The van der Waals surface area contributed by atoms with E-state index in [1.807, 2.05) is 0 Å². The molecule has 0 amide bonds. The minimum atomic E-state index is 0.106. The zero-order chi connectivity index (χ0) is 15.1. The zero-order valence-electron chi connectivity index (χ0n) is 13.8. The van der Waals surface area contributed by atoms with Crippen molar-refractivity contribution in [2.24, 2.45) is 5.84 Å². The number of ether oxygens (including phenoxy) is 2. The summed E-state index contributed by atoms with van der Waals surface area (Å²) in [6, 6.07) is 0.321. The molecule has 3 N–H and O–H groups in total. The summed E-state index contributed by atoms with van der Waals surface area (Å²) in [4.78, 5) is 2.55. The van der Waals surface area contributed by atoms with Crippen LogP contribution in [-0.2, 0) is 9.47 Å². The maximum atomic E-state index is 5.90. The fourth-order valence-corrected chi connectivity index (χ4v) is 3.76. The molecule has 0 bridgehead atoms. The minimum absolute atomic E-state index is 0.106. The second-order valence-corrected chi connectivity index (χ2v) is 6.60. The molecule has 0 aromatic heterocycles. The molecule has 5 heteroatoms. The molecule has 0 aliphatic carbocycles. The van der Waals surface area contributed by atoms with E-state index in [1.165, 1.54) is 25.7 Å². The van der Waals surface area contributed by atoms with E-state index in [9.17, 15) is 0 Å². The quantitative estimate of drug-likeness (QED) is 0.527. The first-order chi connectivity index (χ1) is 10.2. The summed E-state index contributed by atoms with van der Waals surface area (Å²) in [5.74, 6) is 5.90. The van der Waals surface area contributed by atoms with Crippen LogP contribution >= 0.6 is 0 Å². The Kier molecular flexibility index (Phi) is 6.89. The molecule has 2 heterocycles. The minimum Gasteiger partial charge on any atom is -0.379 e. The lowest BCUT2D eigenvalue weighted by atomic mass is 9.84. The fraction of sp³-hybridized carbons (Fsp3) is 1.00. The summed E-state index contributed by atoms with van der Waals surface area (Å²) in [5, 5.41) is 0. The van der Waals surface area contributed by atoms with Crippen LogP contribution in [0.4, 0.5) is 0 Å². The van der Waals surface area contributed by atoms with E-state index in [1.54, 1.807) is 0 Å². The normalized spacial score (nSPS) is 28.4. The van der Waals surface area contributed by atoms with Crippen molar-refractivity contribution in [3.05, 3.63) is 0 Å². The lowest BCUT2D eigenvalue weighted by Crippen LogP contribution is -2.63. The summed E-state index contributed by atoms with van der Waals surface area (Å²) in [5.41, 5.74) is 3.20. The molecule has 2 saturated heterocycles. The van der Waals surface area contributed by atoms with Crippen LogP contribution < -0.4 is 11.3 Å². The topological polar surface area (TPSA) is 59.8 Å². The Balaban J connectivity index is 1.85. The highest BCUT2D eigenvalue weighted by Gasteiger charge is 2.38. The predicted octanol–water partition coefficient (Wildman–Crippen LogP) is 1.67. The van der Waals surface area contributed by atoms with E-state index in [0.717, 1.165) is 45.8 Å². The Morgan fingerprint density at radius 3 is 2.67 bits per heavy atom. The van der Waals surface area contributed by atoms with Crippen molar-refractivity contribution in [3.63, 3.8) is 0 Å². The number of nitrogens with one attached hydrogen (secondary N) is 1. The molecule has 0 aromatic rings. The maximum absolute atomic E-state index is 5.90. The van der Waals surface area contributed by atoms with Gasteiger partial charge in [0.2, 0.25) is 0 Å². The molecule has 2 aliphatic heterocycles. The molecule has 0 spiro atoms. The number of nitrogens with two attached hydrogens (primary N) is 1. The molecule has 5 nitrogen and oxygen atoms in total. The van der Waals surface area contributed by atoms with E-state index in [-0.39, 0.29) is 5.54 Å². The second kappa shape index (κ2) is 8.44. The Morgan fingerprint density at radius 2 is 2.10 bits per heavy atom. The van der Waals surface area contributed by atoms with Gasteiger partial charge in [0.1, 0.15) is 0 Å². The third kappa shape index (κ3) is 4.39. The van der Waals surface area contributed by atoms with Gasteiger partial charge in [0.15, 0.2) is 0 Å². The van der Waals surface area contributed by atoms with Crippen molar-refractivity contribution in [2.45, 2.75) is 70.1 Å². The summed E-state index contributed by atoms with van der Waals surface area (Å²) in [7, 11) is 0. The van der Waals surface area contributed by atoms with Crippen molar-refractivity contribution in [2.75, 3.05) is 32.9 Å². The fourth-order valence-electron chi connectivity index (χ4n) is 3.76. The van der Waals surface area contributed by atoms with Gasteiger partial charge in [-0.15, -0.1) is 0 Å². The van der Waals surface area contributed by atoms with Crippen LogP contribution in [0.15, 0.2) is 0 Å². The molecule has 124 valence electrons. The van der Waals surface area contributed by atoms with Gasteiger partial charge in [-0.05, 0) is 45.4 Å². The van der Waals surface area contributed by atoms with Crippen LogP contribution in [0, 0.1) is 0 Å². The lowest BCUT2D eigenvalue weighted by molar-refractivity contribution is -0.0341. The van der Waals surface area contributed by atoms with Gasteiger partial charge in [-0.3, -0.25) is 16.2 Å². The standard InChI is InChI=1S/C16H33N3O2/c1-3-16(2,19-9-12-20-13-10-19)15(18-17)8-4-6-14-7-5-11-21-14/h14-15,18H,3-13,17H2,1-2H3. The first-order valence-corrected chi connectivity index (χ1v) is 8.61. The van der Waals surface area contributed by atoms with Gasteiger partial charge in [-0.2, -0.15) is 0 Å². The largest absolute Gasteiger partial charge is 0.379 e. The molecule has 0 aromatic carbocycles. The van der Waals surface area contributed by atoms with E-state index in [4.69, 9.17) is 15.3 Å². The molecule has 2 aliphatic rings. The summed E-state index contributed by atoms with van der Waals surface area (Å²) < 4.78 is 11.2. The smallest absolute Gasteiger partial charge is 0.0594 e. The zero-order valence-corrected chi connectivity index (χ0v) is 13.8. The Hall–Kier alpha value is -0.200. The monoisotopic (exact) mass is 299 g/mol. The number of hydrogen-bond donors (Lipinski definition) is 2. The van der Waals surface area contributed by atoms with Crippen LogP contribution in [-0.4, -0.2) is 55.5 Å². The molecule has 2 fully saturated rings. The first-order valence-electron chi connectivity index (χ1n) is 8.61. The molecular formula is C16H33N3O2. The SMILES string of the molecule is CCC(C)(C(CCCC1CCCO1)NN)N1CCOCC1. The highest BCUT2D eigenvalue weighted by Crippen LogP contribution is 2.28. The van der Waals surface area contributed by atoms with Gasteiger partial charge in [0.05, 0.1) is 19.3 Å². The van der Waals surface area contributed by atoms with E-state index < -0.39 is 0 Å². The average Bonchev–Trinajstić information content (AvgIpc) is 3.05. The molecule has 3 atom stereocenters. The lowest BCUT2D eigenvalue weighted by Gasteiger charge is -2.47. The highest BCUT2D eigenvalue weighted by atomic mass is 16.5. The number of hydrogen-bond acceptors (Lipinski definition) is 5. The van der Waals surface area contributed by atoms with E-state index in [2.05, 4.69) is 24.2 Å². The maximum Gasteiger partial charge on any atom is 0.0594 e. The number of rotatable bonds is 8. The first kappa shape index (κ1) is 17.2. The summed E-state index contributed by atoms with van der Waals surface area (Å²) in [6.45, 7) is 9.24. The van der Waals surface area contributed by atoms with Crippen LogP contribution in [0.2, 0.25) is 0 Å². The summed E-state index contributed by atoms with van der Waals surface area (Å²) >= 11 is 0. The Bertz CT molecular complexity index is 291. The van der Waals surface area contributed by atoms with Crippen molar-refractivity contribution in [1.29, 1.82) is 0 Å². The second-order valence-electron chi connectivity index (χ2n) is 6.60. The van der Waals surface area contributed by atoms with Gasteiger partial charge in [-0.1, -0.05) is 6.92 Å². The van der Waals surface area contributed by atoms with Gasteiger partial charge in [-0.25, -0.2) is 0 Å². The van der Waals surface area contributed by atoms with Crippen molar-refractivity contribution in [3.8, 4) is 0 Å². The molecule has 2 rings (SSSR count). The van der Waals surface area contributed by atoms with Crippen molar-refractivity contribution in [1.82, 2.24) is 10.3 Å². The van der Waals surface area contributed by atoms with Crippen LogP contribution in [0.25, 0.3) is 0 Å². The number of nitrogens with zero attached hydrogens (tertiary/aromatic N) is 1. The van der Waals surface area contributed by atoms with Crippen LogP contribution in [0.1, 0.15) is 52.4 Å². The predicted molar refractivity (Wildman–Crippen MR) is 85.0 cm³/mol. The number of morpholine rings is 1. The Labute approximate surface area is 129 Å². The molecule has 21 heavy (non-hydrogen) atoms. The van der Waals surface area contributed by atoms with Crippen molar-refractivity contribution >= 4 is 0 Å². The third-order valence-electron chi connectivity index (χ3n) is 5.44. The van der Waals surface area contributed by atoms with Gasteiger partial charge in [0, 0.05) is 31.3 Å². The van der Waals surface area contributed by atoms with E-state index in [0.29, 0.717) is 12.1 Å². The molecule has 3 unspecified atom stereocenters. The van der Waals surface area contributed by atoms with E-state index >= 15 is 0 Å². The van der Waals surface area contributed by atoms with Crippen molar-refractivity contribution < 1.29 is 9.47 Å². The van der Waals surface area contributed by atoms with Gasteiger partial charge in [0.25, 0.3) is 0 Å². The van der Waals surface area contributed by atoms with Crippen LogP contribution in [0.5, 0.6) is 0 Å². The van der Waals surface area contributed by atoms with Crippen LogP contribution in [0.3, 0.4) is 0 Å². The number of hydrazine groups is 1. The highest BCUT2D eigenvalue weighted by molar-refractivity contribution is 4.96. The molecular weight excluding hydrogens is 266 g/mol. The Morgan fingerprint density at radius 1 is 1.33 bits per heavy atom. The molecule has 0 radical (unpaired) electrons. The molecule has 0 saturated carbocycles. The summed E-state index contributed by atoms with van der Waals surface area (Å²) in [6.07, 6.45) is 7.50. The third-order valence-corrected chi connectivity index (χ3v) is 5.44. The average molecular weight is 299 g/mol.